The molecule has 0 aromatic carbocycles. The van der Waals surface area contributed by atoms with E-state index in [1.807, 2.05) is 26.0 Å². The number of rotatable bonds is 5. The maximum Gasteiger partial charge on any atom is 0.319 e. The Labute approximate surface area is 115 Å². The Bertz CT molecular complexity index is 582. The molecule has 0 bridgehead atoms. The summed E-state index contributed by atoms with van der Waals surface area (Å²) in [6, 6.07) is 3.70. The number of pyridine rings is 1. The molecule has 0 aliphatic heterocycles. The summed E-state index contributed by atoms with van der Waals surface area (Å²) in [6.07, 6.45) is 0.661. The summed E-state index contributed by atoms with van der Waals surface area (Å²) in [5.74, 6) is -0.235. The van der Waals surface area contributed by atoms with Crippen molar-refractivity contribution in [2.45, 2.75) is 37.7 Å². The minimum Gasteiger partial charge on any atom is -0.465 e. The molecule has 0 saturated heterocycles. The van der Waals surface area contributed by atoms with Gasteiger partial charge in [-0.2, -0.15) is 4.98 Å². The number of ether oxygens (including phenoxy) is 1. The van der Waals surface area contributed by atoms with Crippen LogP contribution in [0.25, 0.3) is 11.2 Å². The lowest BCUT2D eigenvalue weighted by Gasteiger charge is -2.10. The summed E-state index contributed by atoms with van der Waals surface area (Å²) in [4.78, 5) is 20.3. The van der Waals surface area contributed by atoms with Crippen molar-refractivity contribution in [3.63, 3.8) is 0 Å². The van der Waals surface area contributed by atoms with E-state index in [-0.39, 0.29) is 11.2 Å². The van der Waals surface area contributed by atoms with Gasteiger partial charge in [-0.15, -0.1) is 0 Å². The van der Waals surface area contributed by atoms with E-state index >= 15 is 0 Å². The third-order valence-electron chi connectivity index (χ3n) is 2.54. The van der Waals surface area contributed by atoms with Crippen molar-refractivity contribution in [1.29, 1.82) is 0 Å². The fourth-order valence-corrected chi connectivity index (χ4v) is 2.45. The first-order valence-electron chi connectivity index (χ1n) is 6.21. The normalized spacial score (nSPS) is 12.6. The highest BCUT2D eigenvalue weighted by Crippen LogP contribution is 2.28. The van der Waals surface area contributed by atoms with Crippen LogP contribution in [-0.4, -0.2) is 27.8 Å². The number of carbonyl (C=O) groups is 1. The number of nitrogens with zero attached hydrogens (tertiary/aromatic N) is 2. The van der Waals surface area contributed by atoms with Gasteiger partial charge in [-0.3, -0.25) is 4.79 Å². The highest BCUT2D eigenvalue weighted by atomic mass is 32.2. The van der Waals surface area contributed by atoms with Crippen LogP contribution < -0.4 is 0 Å². The molecule has 0 spiro atoms. The van der Waals surface area contributed by atoms with Gasteiger partial charge in [-0.1, -0.05) is 18.7 Å². The molecule has 0 N–H and O–H groups in total. The molecule has 6 heteroatoms. The van der Waals surface area contributed by atoms with Crippen LogP contribution in [0.1, 0.15) is 26.0 Å². The molecule has 5 nitrogen and oxygen atoms in total. The second-order valence-corrected chi connectivity index (χ2v) is 5.17. The fraction of sp³-hybridized carbons (Fsp3) is 0.462. The number of thioether (sulfide) groups is 1. The van der Waals surface area contributed by atoms with Gasteiger partial charge in [0, 0.05) is 5.69 Å². The third kappa shape index (κ3) is 3.26. The summed E-state index contributed by atoms with van der Waals surface area (Å²) in [7, 11) is 0. The number of carbonyl (C=O) groups excluding carboxylic acids is 1. The molecule has 2 aromatic heterocycles. The van der Waals surface area contributed by atoms with Gasteiger partial charge in [0.05, 0.1) is 6.61 Å². The first-order chi connectivity index (χ1) is 9.13. The zero-order valence-electron chi connectivity index (χ0n) is 11.2. The van der Waals surface area contributed by atoms with Crippen molar-refractivity contribution in [3.05, 3.63) is 17.8 Å². The van der Waals surface area contributed by atoms with Crippen molar-refractivity contribution in [2.75, 3.05) is 6.61 Å². The van der Waals surface area contributed by atoms with E-state index in [0.29, 0.717) is 29.5 Å². The Morgan fingerprint density at radius 2 is 2.21 bits per heavy atom. The molecule has 0 fully saturated rings. The van der Waals surface area contributed by atoms with Crippen LogP contribution in [0.3, 0.4) is 0 Å². The second-order valence-electron chi connectivity index (χ2n) is 4.02. The molecule has 0 amide bonds. The molecule has 19 heavy (non-hydrogen) atoms. The van der Waals surface area contributed by atoms with E-state index in [1.54, 1.807) is 6.92 Å². The van der Waals surface area contributed by atoms with E-state index in [2.05, 4.69) is 9.97 Å². The summed E-state index contributed by atoms with van der Waals surface area (Å²) >= 11 is 1.28. The molecular formula is C13H16N2O3S. The topological polar surface area (TPSA) is 65.2 Å². The smallest absolute Gasteiger partial charge is 0.319 e. The van der Waals surface area contributed by atoms with E-state index in [1.165, 1.54) is 11.8 Å². The van der Waals surface area contributed by atoms with Crippen LogP contribution >= 0.6 is 11.8 Å². The number of aromatic nitrogens is 2. The van der Waals surface area contributed by atoms with Crippen LogP contribution in [-0.2, 0) is 9.53 Å². The van der Waals surface area contributed by atoms with Gasteiger partial charge in [0.1, 0.15) is 5.25 Å². The van der Waals surface area contributed by atoms with Crippen LogP contribution in [0.2, 0.25) is 0 Å². The Balaban J connectivity index is 2.17. The van der Waals surface area contributed by atoms with Crippen molar-refractivity contribution in [3.8, 4) is 0 Å². The minimum absolute atomic E-state index is 0.235. The van der Waals surface area contributed by atoms with Crippen molar-refractivity contribution in [2.24, 2.45) is 0 Å². The molecule has 2 heterocycles. The molecule has 2 aromatic rings. The van der Waals surface area contributed by atoms with Crippen LogP contribution in [0.15, 0.2) is 21.8 Å². The summed E-state index contributed by atoms with van der Waals surface area (Å²) in [5.41, 5.74) is 2.09. The molecule has 2 rings (SSSR count). The number of hydrogen-bond donors (Lipinski definition) is 0. The zero-order chi connectivity index (χ0) is 13.8. The second kappa shape index (κ2) is 6.06. The average molecular weight is 280 g/mol. The Morgan fingerprint density at radius 1 is 1.42 bits per heavy atom. The number of esters is 1. The van der Waals surface area contributed by atoms with Gasteiger partial charge in [-0.05, 0) is 32.4 Å². The average Bonchev–Trinajstić information content (AvgIpc) is 2.77. The lowest BCUT2D eigenvalue weighted by atomic mass is 10.3. The van der Waals surface area contributed by atoms with Crippen molar-refractivity contribution >= 4 is 29.0 Å². The first kappa shape index (κ1) is 13.9. The van der Waals surface area contributed by atoms with Crippen molar-refractivity contribution < 1.29 is 13.9 Å². The third-order valence-corrected chi connectivity index (χ3v) is 3.72. The lowest BCUT2D eigenvalue weighted by Crippen LogP contribution is -2.19. The standard InChI is InChI=1S/C13H16N2O3S/c1-4-10(12(16)17-5-2)19-13-15-11-9(18-13)7-6-8(3)14-11/h6-7,10H,4-5H2,1-3H3/t10-/m1/s1. The largest absolute Gasteiger partial charge is 0.465 e. The van der Waals surface area contributed by atoms with Crippen LogP contribution in [0, 0.1) is 6.92 Å². The molecule has 0 radical (unpaired) electrons. The van der Waals surface area contributed by atoms with Gasteiger partial charge in [0.2, 0.25) is 0 Å². The van der Waals surface area contributed by atoms with Crippen LogP contribution in [0.4, 0.5) is 0 Å². The maximum absolute atomic E-state index is 11.7. The van der Waals surface area contributed by atoms with E-state index in [4.69, 9.17) is 9.15 Å². The van der Waals surface area contributed by atoms with Gasteiger partial charge >= 0.3 is 5.97 Å². The van der Waals surface area contributed by atoms with Gasteiger partial charge < -0.3 is 9.15 Å². The molecule has 1 atom stereocenters. The number of fused-ring (bicyclic) bond motifs is 1. The van der Waals surface area contributed by atoms with Gasteiger partial charge in [0.15, 0.2) is 11.2 Å². The van der Waals surface area contributed by atoms with Gasteiger partial charge in [0.25, 0.3) is 5.22 Å². The Hall–Kier alpha value is -1.56. The predicted octanol–water partition coefficient (Wildman–Crippen LogP) is 2.97. The first-order valence-corrected chi connectivity index (χ1v) is 7.09. The fourth-order valence-electron chi connectivity index (χ4n) is 1.60. The zero-order valence-corrected chi connectivity index (χ0v) is 12.0. The number of hydrogen-bond acceptors (Lipinski definition) is 6. The van der Waals surface area contributed by atoms with E-state index in [9.17, 15) is 4.79 Å². The van der Waals surface area contributed by atoms with Crippen molar-refractivity contribution in [1.82, 2.24) is 9.97 Å². The number of aryl methyl sites for hydroxylation is 1. The molecular weight excluding hydrogens is 264 g/mol. The molecule has 102 valence electrons. The van der Waals surface area contributed by atoms with E-state index in [0.717, 1.165) is 5.69 Å². The molecule has 0 aliphatic rings. The number of oxazole rings is 1. The minimum atomic E-state index is -0.297. The van der Waals surface area contributed by atoms with Gasteiger partial charge in [-0.25, -0.2) is 4.98 Å². The molecule has 0 unspecified atom stereocenters. The summed E-state index contributed by atoms with van der Waals surface area (Å²) < 4.78 is 10.6. The summed E-state index contributed by atoms with van der Waals surface area (Å²) in [5, 5.41) is 0.155. The lowest BCUT2D eigenvalue weighted by molar-refractivity contribution is -0.142. The predicted molar refractivity (Wildman–Crippen MR) is 73.1 cm³/mol. The maximum atomic E-state index is 11.7. The molecule has 0 aliphatic carbocycles. The van der Waals surface area contributed by atoms with Crippen LogP contribution in [0.5, 0.6) is 0 Å². The van der Waals surface area contributed by atoms with E-state index < -0.39 is 0 Å². The Morgan fingerprint density at radius 3 is 2.89 bits per heavy atom. The monoisotopic (exact) mass is 280 g/mol. The Kier molecular flexibility index (Phi) is 4.42. The quantitative estimate of drug-likeness (QED) is 0.619. The highest BCUT2D eigenvalue weighted by molar-refractivity contribution is 8.00. The highest BCUT2D eigenvalue weighted by Gasteiger charge is 2.22. The molecule has 0 saturated carbocycles. The SMILES string of the molecule is CCOC(=O)[C@@H](CC)Sc1nc2nc(C)ccc2o1. The summed E-state index contributed by atoms with van der Waals surface area (Å²) in [6.45, 7) is 6.00.